The zero-order valence-corrected chi connectivity index (χ0v) is 15.9. The second-order valence-corrected chi connectivity index (χ2v) is 7.00. The van der Waals surface area contributed by atoms with Crippen LogP contribution in [0.15, 0.2) is 47.5 Å². The van der Waals surface area contributed by atoms with Gasteiger partial charge in [-0.25, -0.2) is 9.78 Å². The highest BCUT2D eigenvalue weighted by Gasteiger charge is 2.21. The maximum Gasteiger partial charge on any atom is 0.347 e. The van der Waals surface area contributed by atoms with Gasteiger partial charge in [0, 0.05) is 31.9 Å². The standard InChI is InChI=1S/C20H22N6O2/c1-14-11-15(2)13-16(12-14)24-7-9-25(10-8-24)20(27)22-19-21-17-5-3-4-6-18(17)23-26(19)28/h3-6,11-13,28H,7-10H2,1-2H3. The number of amides is 2. The molecule has 2 aromatic carbocycles. The second-order valence-electron chi connectivity index (χ2n) is 7.00. The predicted molar refractivity (Wildman–Crippen MR) is 105 cm³/mol. The summed E-state index contributed by atoms with van der Waals surface area (Å²) in [5.74, 6) is 0. The van der Waals surface area contributed by atoms with E-state index < -0.39 is 6.03 Å². The third-order valence-electron chi connectivity index (χ3n) is 4.80. The topological polar surface area (TPSA) is 86.9 Å². The zero-order valence-electron chi connectivity index (χ0n) is 15.9. The van der Waals surface area contributed by atoms with Crippen LogP contribution in [0, 0.1) is 13.8 Å². The molecule has 0 spiro atoms. The van der Waals surface area contributed by atoms with E-state index in [0.29, 0.717) is 29.0 Å². The third kappa shape index (κ3) is 3.66. The Bertz CT molecular complexity index is 1080. The quantitative estimate of drug-likeness (QED) is 0.656. The molecule has 1 N–H and O–H groups in total. The van der Waals surface area contributed by atoms with Gasteiger partial charge in [0.25, 0.3) is 5.62 Å². The first kappa shape index (κ1) is 18.0. The fourth-order valence-corrected chi connectivity index (χ4v) is 3.46. The second kappa shape index (κ2) is 7.30. The van der Waals surface area contributed by atoms with E-state index in [9.17, 15) is 10.0 Å². The van der Waals surface area contributed by atoms with Gasteiger partial charge in [0.1, 0.15) is 5.52 Å². The molecule has 144 valence electrons. The molecule has 1 aliphatic rings. The summed E-state index contributed by atoms with van der Waals surface area (Å²) in [6, 6.07) is 13.2. The van der Waals surface area contributed by atoms with Gasteiger partial charge in [-0.15, -0.1) is 5.10 Å². The van der Waals surface area contributed by atoms with E-state index in [-0.39, 0.29) is 5.62 Å². The molecule has 1 aliphatic heterocycles. The van der Waals surface area contributed by atoms with E-state index in [0.717, 1.165) is 13.1 Å². The SMILES string of the molecule is Cc1cc(C)cc(N2CCN(C(=O)N=c3nc4ccccc4nn3O)CC2)c1. The van der Waals surface area contributed by atoms with Crippen molar-refractivity contribution in [2.45, 2.75) is 13.8 Å². The fourth-order valence-electron chi connectivity index (χ4n) is 3.46. The number of carbonyl (C=O) groups is 1. The minimum Gasteiger partial charge on any atom is -0.409 e. The number of para-hydroxylation sites is 1. The molecule has 3 aromatic rings. The lowest BCUT2D eigenvalue weighted by molar-refractivity contribution is 0.128. The number of benzene rings is 2. The Balaban J connectivity index is 1.50. The van der Waals surface area contributed by atoms with E-state index in [2.05, 4.69) is 52.0 Å². The lowest BCUT2D eigenvalue weighted by Gasteiger charge is -2.35. The van der Waals surface area contributed by atoms with Crippen LogP contribution < -0.4 is 10.5 Å². The van der Waals surface area contributed by atoms with Gasteiger partial charge in [-0.1, -0.05) is 23.0 Å². The van der Waals surface area contributed by atoms with Crippen LogP contribution in [0.25, 0.3) is 11.0 Å². The lowest BCUT2D eigenvalue weighted by Crippen LogP contribution is -2.48. The van der Waals surface area contributed by atoms with Crippen LogP contribution in [0.1, 0.15) is 11.1 Å². The van der Waals surface area contributed by atoms with Gasteiger partial charge in [0.05, 0.1) is 5.52 Å². The van der Waals surface area contributed by atoms with Crippen LogP contribution >= 0.6 is 0 Å². The Morgan fingerprint density at radius 2 is 1.64 bits per heavy atom. The summed E-state index contributed by atoms with van der Waals surface area (Å²) in [5.41, 5.74) is 4.60. The normalized spacial score (nSPS) is 15.3. The Morgan fingerprint density at radius 3 is 2.32 bits per heavy atom. The number of anilines is 1. The Morgan fingerprint density at radius 1 is 1.00 bits per heavy atom. The highest BCUT2D eigenvalue weighted by atomic mass is 16.5. The number of hydrogen-bond acceptors (Lipinski definition) is 5. The summed E-state index contributed by atoms with van der Waals surface area (Å²) in [6.07, 6.45) is 0. The van der Waals surface area contributed by atoms with Crippen molar-refractivity contribution in [2.75, 3.05) is 31.1 Å². The molecule has 1 aromatic heterocycles. The van der Waals surface area contributed by atoms with E-state index in [1.807, 2.05) is 6.07 Å². The van der Waals surface area contributed by atoms with E-state index in [1.54, 1.807) is 23.1 Å². The van der Waals surface area contributed by atoms with Crippen molar-refractivity contribution >= 4 is 22.8 Å². The summed E-state index contributed by atoms with van der Waals surface area (Å²) in [7, 11) is 0. The van der Waals surface area contributed by atoms with Crippen molar-refractivity contribution < 1.29 is 10.0 Å². The molecule has 2 heterocycles. The molecule has 0 bridgehead atoms. The van der Waals surface area contributed by atoms with Crippen LogP contribution in [-0.2, 0) is 0 Å². The van der Waals surface area contributed by atoms with Gasteiger partial charge in [0.2, 0.25) is 0 Å². The first-order chi connectivity index (χ1) is 13.5. The molecular formula is C20H22N6O2. The summed E-state index contributed by atoms with van der Waals surface area (Å²) < 4.78 is 0. The van der Waals surface area contributed by atoms with E-state index in [1.165, 1.54) is 16.8 Å². The van der Waals surface area contributed by atoms with Gasteiger partial charge in [0.15, 0.2) is 0 Å². The number of aryl methyl sites for hydroxylation is 2. The lowest BCUT2D eigenvalue weighted by atomic mass is 10.1. The molecule has 4 rings (SSSR count). The molecule has 0 unspecified atom stereocenters. The Labute approximate surface area is 162 Å². The van der Waals surface area contributed by atoms with Gasteiger partial charge in [-0.05, 0) is 49.2 Å². The Kier molecular flexibility index (Phi) is 4.68. The van der Waals surface area contributed by atoms with Crippen LogP contribution in [0.3, 0.4) is 0 Å². The maximum absolute atomic E-state index is 12.6. The van der Waals surface area contributed by atoms with Crippen molar-refractivity contribution in [3.05, 3.63) is 59.2 Å². The average molecular weight is 378 g/mol. The van der Waals surface area contributed by atoms with Gasteiger partial charge in [-0.2, -0.15) is 4.99 Å². The van der Waals surface area contributed by atoms with E-state index in [4.69, 9.17) is 0 Å². The summed E-state index contributed by atoms with van der Waals surface area (Å²) in [6.45, 7) is 6.75. The minimum absolute atomic E-state index is 0.125. The first-order valence-electron chi connectivity index (χ1n) is 9.22. The smallest absolute Gasteiger partial charge is 0.347 e. The minimum atomic E-state index is -0.424. The summed E-state index contributed by atoms with van der Waals surface area (Å²) in [4.78, 5) is 25.2. The van der Waals surface area contributed by atoms with Crippen LogP contribution in [0.5, 0.6) is 0 Å². The highest BCUT2D eigenvalue weighted by molar-refractivity contribution is 5.76. The number of carbonyl (C=O) groups excluding carboxylic acids is 1. The molecule has 0 saturated carbocycles. The number of fused-ring (bicyclic) bond motifs is 1. The predicted octanol–water partition coefficient (Wildman–Crippen LogP) is 2.13. The van der Waals surface area contributed by atoms with Gasteiger partial charge < -0.3 is 15.0 Å². The molecule has 8 heteroatoms. The average Bonchev–Trinajstić information content (AvgIpc) is 2.68. The van der Waals surface area contributed by atoms with Crippen LogP contribution in [0.4, 0.5) is 10.5 Å². The maximum atomic E-state index is 12.6. The van der Waals surface area contributed by atoms with Crippen molar-refractivity contribution in [3.8, 4) is 0 Å². The van der Waals surface area contributed by atoms with Crippen molar-refractivity contribution in [1.29, 1.82) is 0 Å². The number of rotatable bonds is 1. The largest absolute Gasteiger partial charge is 0.409 e. The van der Waals surface area contributed by atoms with Gasteiger partial charge in [-0.3, -0.25) is 0 Å². The first-order valence-corrected chi connectivity index (χ1v) is 9.22. The molecule has 0 aliphatic carbocycles. The highest BCUT2D eigenvalue weighted by Crippen LogP contribution is 2.20. The summed E-state index contributed by atoms with van der Waals surface area (Å²) >= 11 is 0. The number of nitrogens with zero attached hydrogens (tertiary/aromatic N) is 6. The molecule has 28 heavy (non-hydrogen) atoms. The van der Waals surface area contributed by atoms with Crippen molar-refractivity contribution in [3.63, 3.8) is 0 Å². The molecular weight excluding hydrogens is 356 g/mol. The number of hydrogen-bond donors (Lipinski definition) is 1. The number of piperazine rings is 1. The Hall–Kier alpha value is -3.42. The zero-order chi connectivity index (χ0) is 19.7. The van der Waals surface area contributed by atoms with Crippen LogP contribution in [-0.4, -0.2) is 57.2 Å². The van der Waals surface area contributed by atoms with Crippen molar-refractivity contribution in [2.24, 2.45) is 4.99 Å². The molecule has 0 atom stereocenters. The third-order valence-corrected chi connectivity index (χ3v) is 4.80. The molecule has 0 radical (unpaired) electrons. The summed E-state index contributed by atoms with van der Waals surface area (Å²) in [5, 5.41) is 13.9. The van der Waals surface area contributed by atoms with E-state index >= 15 is 0 Å². The van der Waals surface area contributed by atoms with Crippen molar-refractivity contribution in [1.82, 2.24) is 19.8 Å². The fraction of sp³-hybridized carbons (Fsp3) is 0.300. The molecule has 1 fully saturated rings. The molecule has 1 saturated heterocycles. The van der Waals surface area contributed by atoms with Gasteiger partial charge >= 0.3 is 6.03 Å². The molecule has 2 amide bonds. The number of urea groups is 1. The monoisotopic (exact) mass is 378 g/mol. The number of aromatic nitrogens is 3. The van der Waals surface area contributed by atoms with Crippen LogP contribution in [0.2, 0.25) is 0 Å². The molecule has 8 nitrogen and oxygen atoms in total.